The van der Waals surface area contributed by atoms with Gasteiger partial charge in [0.05, 0.1) is 13.3 Å². The van der Waals surface area contributed by atoms with Crippen molar-refractivity contribution in [1.29, 1.82) is 0 Å². The summed E-state index contributed by atoms with van der Waals surface area (Å²) in [5.41, 5.74) is 4.37. The summed E-state index contributed by atoms with van der Waals surface area (Å²) in [6.07, 6.45) is 1.54. The van der Waals surface area contributed by atoms with E-state index in [0.29, 0.717) is 11.3 Å². The van der Waals surface area contributed by atoms with Crippen LogP contribution in [0.2, 0.25) is 0 Å². The van der Waals surface area contributed by atoms with Crippen molar-refractivity contribution < 1.29 is 14.3 Å². The molecule has 0 aliphatic heterocycles. The standard InChI is InChI=1S/C17H17N3O3/c1-12(21)19-15-7-5-14(6-8-15)17(22)20-18-11-13-3-9-16(23-2)10-4-13/h3-11H,1-2H3,(H,19,21)(H,20,22)/b18-11-. The van der Waals surface area contributed by atoms with Crippen LogP contribution in [-0.2, 0) is 4.79 Å². The average molecular weight is 311 g/mol. The molecule has 2 amide bonds. The lowest BCUT2D eigenvalue weighted by molar-refractivity contribution is -0.114. The van der Waals surface area contributed by atoms with Gasteiger partial charge in [-0.25, -0.2) is 5.43 Å². The molecule has 0 radical (unpaired) electrons. The largest absolute Gasteiger partial charge is 0.497 e. The van der Waals surface area contributed by atoms with Gasteiger partial charge in [0.25, 0.3) is 5.91 Å². The van der Waals surface area contributed by atoms with Gasteiger partial charge in [-0.1, -0.05) is 0 Å². The summed E-state index contributed by atoms with van der Waals surface area (Å²) in [5, 5.41) is 6.54. The van der Waals surface area contributed by atoms with Crippen LogP contribution in [0.25, 0.3) is 0 Å². The van der Waals surface area contributed by atoms with Crippen LogP contribution < -0.4 is 15.5 Å². The van der Waals surface area contributed by atoms with Crippen molar-refractivity contribution in [1.82, 2.24) is 5.43 Å². The molecule has 0 bridgehead atoms. The van der Waals surface area contributed by atoms with Crippen LogP contribution in [0.5, 0.6) is 5.75 Å². The van der Waals surface area contributed by atoms with Gasteiger partial charge in [0, 0.05) is 18.2 Å². The van der Waals surface area contributed by atoms with E-state index in [9.17, 15) is 9.59 Å². The van der Waals surface area contributed by atoms with Crippen LogP contribution in [0.1, 0.15) is 22.8 Å². The molecular formula is C17H17N3O3. The Balaban J connectivity index is 1.93. The molecule has 2 N–H and O–H groups in total. The number of hydrogen-bond donors (Lipinski definition) is 2. The number of rotatable bonds is 5. The summed E-state index contributed by atoms with van der Waals surface area (Å²) in [4.78, 5) is 22.9. The Morgan fingerprint density at radius 1 is 1.04 bits per heavy atom. The number of anilines is 1. The third-order valence-corrected chi connectivity index (χ3v) is 2.96. The van der Waals surface area contributed by atoms with Crippen LogP contribution in [0.15, 0.2) is 53.6 Å². The Morgan fingerprint density at radius 2 is 1.70 bits per heavy atom. The fourth-order valence-corrected chi connectivity index (χ4v) is 1.83. The SMILES string of the molecule is COc1ccc(/C=N\NC(=O)c2ccc(NC(C)=O)cc2)cc1. The first-order valence-electron chi connectivity index (χ1n) is 6.93. The molecule has 0 aliphatic rings. The van der Waals surface area contributed by atoms with Crippen LogP contribution in [0, 0.1) is 0 Å². The second-order valence-electron chi connectivity index (χ2n) is 4.73. The second-order valence-corrected chi connectivity index (χ2v) is 4.73. The number of nitrogens with one attached hydrogen (secondary N) is 2. The molecule has 0 atom stereocenters. The van der Waals surface area contributed by atoms with Gasteiger partial charge in [-0.3, -0.25) is 9.59 Å². The van der Waals surface area contributed by atoms with Gasteiger partial charge in [0.2, 0.25) is 5.91 Å². The molecule has 2 aromatic rings. The van der Waals surface area contributed by atoms with E-state index in [1.54, 1.807) is 37.6 Å². The lowest BCUT2D eigenvalue weighted by Crippen LogP contribution is -2.17. The molecule has 0 aliphatic carbocycles. The third-order valence-electron chi connectivity index (χ3n) is 2.96. The summed E-state index contributed by atoms with van der Waals surface area (Å²) < 4.78 is 5.06. The number of hydrazone groups is 1. The van der Waals surface area contributed by atoms with Crippen molar-refractivity contribution in [3.8, 4) is 5.75 Å². The fourth-order valence-electron chi connectivity index (χ4n) is 1.83. The number of amides is 2. The zero-order valence-corrected chi connectivity index (χ0v) is 12.9. The number of benzene rings is 2. The number of nitrogens with zero attached hydrogens (tertiary/aromatic N) is 1. The number of carbonyl (C=O) groups is 2. The fraction of sp³-hybridized carbons (Fsp3) is 0.118. The number of carbonyl (C=O) groups excluding carboxylic acids is 2. The molecule has 118 valence electrons. The van der Waals surface area contributed by atoms with Crippen molar-refractivity contribution in [3.63, 3.8) is 0 Å². The molecule has 0 fully saturated rings. The molecule has 23 heavy (non-hydrogen) atoms. The van der Waals surface area contributed by atoms with Crippen molar-refractivity contribution >= 4 is 23.7 Å². The van der Waals surface area contributed by atoms with Gasteiger partial charge in [-0.15, -0.1) is 0 Å². The maximum atomic E-state index is 11.9. The zero-order valence-electron chi connectivity index (χ0n) is 12.9. The molecule has 0 unspecified atom stereocenters. The minimum atomic E-state index is -0.330. The minimum Gasteiger partial charge on any atom is -0.497 e. The molecular weight excluding hydrogens is 294 g/mol. The lowest BCUT2D eigenvalue weighted by atomic mass is 10.2. The Labute approximate surface area is 134 Å². The van der Waals surface area contributed by atoms with Gasteiger partial charge in [-0.05, 0) is 54.1 Å². The molecule has 0 saturated carbocycles. The molecule has 0 spiro atoms. The summed E-state index contributed by atoms with van der Waals surface area (Å²) in [5.74, 6) is 0.265. The summed E-state index contributed by atoms with van der Waals surface area (Å²) in [6, 6.07) is 13.8. The highest BCUT2D eigenvalue weighted by Gasteiger charge is 2.04. The van der Waals surface area contributed by atoms with E-state index >= 15 is 0 Å². The van der Waals surface area contributed by atoms with Gasteiger partial charge in [-0.2, -0.15) is 5.10 Å². The third kappa shape index (κ3) is 4.96. The van der Waals surface area contributed by atoms with E-state index in [0.717, 1.165) is 11.3 Å². The van der Waals surface area contributed by atoms with Crippen LogP contribution in [-0.4, -0.2) is 25.1 Å². The molecule has 0 saturated heterocycles. The first-order chi connectivity index (χ1) is 11.1. The predicted molar refractivity (Wildman–Crippen MR) is 88.8 cm³/mol. The maximum Gasteiger partial charge on any atom is 0.271 e. The average Bonchev–Trinajstić information content (AvgIpc) is 2.55. The number of hydrogen-bond acceptors (Lipinski definition) is 4. The van der Waals surface area contributed by atoms with E-state index in [1.165, 1.54) is 6.92 Å². The monoisotopic (exact) mass is 311 g/mol. The minimum absolute atomic E-state index is 0.161. The Bertz CT molecular complexity index is 707. The summed E-state index contributed by atoms with van der Waals surface area (Å²) in [6.45, 7) is 1.43. The number of ether oxygens (including phenoxy) is 1. The zero-order chi connectivity index (χ0) is 16.7. The molecule has 2 rings (SSSR count). The van der Waals surface area contributed by atoms with Gasteiger partial charge in [0.15, 0.2) is 0 Å². The Morgan fingerprint density at radius 3 is 2.26 bits per heavy atom. The van der Waals surface area contributed by atoms with Crippen LogP contribution in [0.4, 0.5) is 5.69 Å². The smallest absolute Gasteiger partial charge is 0.271 e. The van der Waals surface area contributed by atoms with E-state index in [2.05, 4.69) is 15.8 Å². The van der Waals surface area contributed by atoms with Gasteiger partial charge >= 0.3 is 0 Å². The first-order valence-corrected chi connectivity index (χ1v) is 6.93. The molecule has 2 aromatic carbocycles. The highest BCUT2D eigenvalue weighted by Crippen LogP contribution is 2.10. The van der Waals surface area contributed by atoms with Gasteiger partial charge in [0.1, 0.15) is 5.75 Å². The molecule has 0 aromatic heterocycles. The van der Waals surface area contributed by atoms with Crippen molar-refractivity contribution in [2.75, 3.05) is 12.4 Å². The molecule has 0 heterocycles. The number of methoxy groups -OCH3 is 1. The predicted octanol–water partition coefficient (Wildman–Crippen LogP) is 2.42. The highest BCUT2D eigenvalue weighted by atomic mass is 16.5. The normalized spacial score (nSPS) is 10.3. The molecule has 6 nitrogen and oxygen atoms in total. The quantitative estimate of drug-likeness (QED) is 0.657. The van der Waals surface area contributed by atoms with E-state index in [1.807, 2.05) is 24.3 Å². The Hall–Kier alpha value is -3.15. The Kier molecular flexibility index (Phi) is 5.46. The van der Waals surface area contributed by atoms with Crippen molar-refractivity contribution in [2.45, 2.75) is 6.92 Å². The van der Waals surface area contributed by atoms with Crippen LogP contribution in [0.3, 0.4) is 0 Å². The highest BCUT2D eigenvalue weighted by molar-refractivity contribution is 5.96. The van der Waals surface area contributed by atoms with E-state index < -0.39 is 0 Å². The first kappa shape index (κ1) is 16.2. The van der Waals surface area contributed by atoms with E-state index in [4.69, 9.17) is 4.74 Å². The van der Waals surface area contributed by atoms with Crippen molar-refractivity contribution in [3.05, 3.63) is 59.7 Å². The van der Waals surface area contributed by atoms with Crippen LogP contribution >= 0.6 is 0 Å². The van der Waals surface area contributed by atoms with Crippen molar-refractivity contribution in [2.24, 2.45) is 5.10 Å². The summed E-state index contributed by atoms with van der Waals surface area (Å²) >= 11 is 0. The second kappa shape index (κ2) is 7.74. The summed E-state index contributed by atoms with van der Waals surface area (Å²) in [7, 11) is 1.60. The van der Waals surface area contributed by atoms with Gasteiger partial charge < -0.3 is 10.1 Å². The lowest BCUT2D eigenvalue weighted by Gasteiger charge is -2.03. The maximum absolute atomic E-state index is 11.9. The van der Waals surface area contributed by atoms with E-state index in [-0.39, 0.29) is 11.8 Å². The topological polar surface area (TPSA) is 79.8 Å². The molecule has 6 heteroatoms.